The second kappa shape index (κ2) is 7.96. The molecule has 0 radical (unpaired) electrons. The smallest absolute Gasteiger partial charge is 0.264 e. The molecule has 27 heavy (non-hydrogen) atoms. The quantitative estimate of drug-likeness (QED) is 0.758. The fourth-order valence-electron chi connectivity index (χ4n) is 3.02. The van der Waals surface area contributed by atoms with Crippen molar-refractivity contribution in [2.24, 2.45) is 0 Å². The highest BCUT2D eigenvalue weighted by molar-refractivity contribution is 7.92. The average Bonchev–Trinajstić information content (AvgIpc) is 3.21. The number of methoxy groups -OCH3 is 1. The summed E-state index contributed by atoms with van der Waals surface area (Å²) in [4.78, 5) is 14.2. The number of anilines is 1. The summed E-state index contributed by atoms with van der Waals surface area (Å²) in [7, 11) is -2.66. The number of hydrogen-bond acceptors (Lipinski definition) is 4. The standard InChI is InChI=1S/C19H21FN2O4S/c1-26-15-8-10-16(11-9-15)27(24,25)22(18-7-3-2-6-17(18)20)14-19(23)21-12-4-5-13-21/h2-3,6-11H,4-5,12-14H2,1H3. The van der Waals surface area contributed by atoms with Gasteiger partial charge in [-0.25, -0.2) is 12.8 Å². The molecule has 0 unspecified atom stereocenters. The van der Waals surface area contributed by atoms with Gasteiger partial charge < -0.3 is 9.64 Å². The van der Waals surface area contributed by atoms with Crippen LogP contribution in [0.25, 0.3) is 0 Å². The maximum atomic E-state index is 14.4. The molecule has 0 aromatic heterocycles. The van der Waals surface area contributed by atoms with Gasteiger partial charge in [-0.05, 0) is 49.2 Å². The summed E-state index contributed by atoms with van der Waals surface area (Å²) in [6, 6.07) is 11.3. The molecule has 0 aliphatic carbocycles. The summed E-state index contributed by atoms with van der Waals surface area (Å²) in [5.41, 5.74) is -0.152. The van der Waals surface area contributed by atoms with Crippen LogP contribution in [0.3, 0.4) is 0 Å². The van der Waals surface area contributed by atoms with Gasteiger partial charge in [-0.2, -0.15) is 0 Å². The number of nitrogens with zero attached hydrogens (tertiary/aromatic N) is 2. The van der Waals surface area contributed by atoms with E-state index in [4.69, 9.17) is 4.74 Å². The molecule has 0 saturated carbocycles. The van der Waals surface area contributed by atoms with Crippen molar-refractivity contribution in [2.75, 3.05) is 31.0 Å². The third-order valence-electron chi connectivity index (χ3n) is 4.51. The van der Waals surface area contributed by atoms with Crippen molar-refractivity contribution in [3.8, 4) is 5.75 Å². The van der Waals surface area contributed by atoms with Gasteiger partial charge in [0.2, 0.25) is 5.91 Å². The molecule has 0 N–H and O–H groups in total. The van der Waals surface area contributed by atoms with E-state index in [1.165, 1.54) is 55.6 Å². The van der Waals surface area contributed by atoms with Crippen molar-refractivity contribution in [3.63, 3.8) is 0 Å². The number of rotatable bonds is 6. The number of sulfonamides is 1. The maximum absolute atomic E-state index is 14.4. The summed E-state index contributed by atoms with van der Waals surface area (Å²) in [6.45, 7) is 0.731. The van der Waals surface area contributed by atoms with Gasteiger partial charge in [0, 0.05) is 13.1 Å². The molecule has 0 atom stereocenters. The Labute approximate surface area is 158 Å². The Balaban J connectivity index is 1.99. The van der Waals surface area contributed by atoms with E-state index in [1.807, 2.05) is 0 Å². The molecular formula is C19H21FN2O4S. The Hall–Kier alpha value is -2.61. The molecule has 3 rings (SSSR count). The number of carbonyl (C=O) groups excluding carboxylic acids is 1. The molecule has 0 spiro atoms. The van der Waals surface area contributed by atoms with Crippen LogP contribution in [0.5, 0.6) is 5.75 Å². The number of ether oxygens (including phenoxy) is 1. The van der Waals surface area contributed by atoms with Gasteiger partial charge in [0.25, 0.3) is 10.0 Å². The SMILES string of the molecule is COc1ccc(S(=O)(=O)N(CC(=O)N2CCCC2)c2ccccc2F)cc1. The highest BCUT2D eigenvalue weighted by Gasteiger charge is 2.31. The molecule has 1 aliphatic rings. The first-order valence-electron chi connectivity index (χ1n) is 8.62. The fourth-order valence-corrected chi connectivity index (χ4v) is 4.44. The van der Waals surface area contributed by atoms with Gasteiger partial charge in [0.05, 0.1) is 17.7 Å². The monoisotopic (exact) mass is 392 g/mol. The summed E-state index contributed by atoms with van der Waals surface area (Å²) in [5.74, 6) is -0.545. The minimum absolute atomic E-state index is 0.0409. The molecule has 0 bridgehead atoms. The van der Waals surface area contributed by atoms with Crippen molar-refractivity contribution in [2.45, 2.75) is 17.7 Å². The molecular weight excluding hydrogens is 371 g/mol. The topological polar surface area (TPSA) is 66.9 Å². The number of likely N-dealkylation sites (tertiary alicyclic amines) is 1. The van der Waals surface area contributed by atoms with Crippen LogP contribution in [0.15, 0.2) is 53.4 Å². The Morgan fingerprint density at radius 2 is 1.74 bits per heavy atom. The Bertz CT molecular complexity index is 910. The summed E-state index contributed by atoms with van der Waals surface area (Å²) in [6.07, 6.45) is 1.77. The minimum atomic E-state index is -4.14. The fraction of sp³-hybridized carbons (Fsp3) is 0.316. The zero-order valence-corrected chi connectivity index (χ0v) is 15.8. The predicted molar refractivity (Wildman–Crippen MR) is 99.7 cm³/mol. The maximum Gasteiger partial charge on any atom is 0.264 e. The molecule has 1 fully saturated rings. The van der Waals surface area contributed by atoms with Gasteiger partial charge in [-0.15, -0.1) is 0 Å². The second-order valence-electron chi connectivity index (χ2n) is 6.23. The van der Waals surface area contributed by atoms with Gasteiger partial charge in [-0.3, -0.25) is 9.10 Å². The van der Waals surface area contributed by atoms with Crippen molar-refractivity contribution < 1.29 is 22.3 Å². The molecule has 6 nitrogen and oxygen atoms in total. The lowest BCUT2D eigenvalue weighted by molar-refractivity contribution is -0.128. The molecule has 144 valence electrons. The summed E-state index contributed by atoms with van der Waals surface area (Å²) >= 11 is 0. The number of hydrogen-bond donors (Lipinski definition) is 0. The van der Waals surface area contributed by atoms with Crippen LogP contribution < -0.4 is 9.04 Å². The van der Waals surface area contributed by atoms with Gasteiger partial charge >= 0.3 is 0 Å². The third-order valence-corrected chi connectivity index (χ3v) is 6.28. The van der Waals surface area contributed by atoms with E-state index in [2.05, 4.69) is 0 Å². The minimum Gasteiger partial charge on any atom is -0.497 e. The Morgan fingerprint density at radius 3 is 2.33 bits per heavy atom. The van der Waals surface area contributed by atoms with E-state index < -0.39 is 22.4 Å². The highest BCUT2D eigenvalue weighted by atomic mass is 32.2. The van der Waals surface area contributed by atoms with Crippen LogP contribution in [0, 0.1) is 5.82 Å². The van der Waals surface area contributed by atoms with Crippen molar-refractivity contribution in [3.05, 3.63) is 54.3 Å². The second-order valence-corrected chi connectivity index (χ2v) is 8.09. The Morgan fingerprint density at radius 1 is 1.11 bits per heavy atom. The van der Waals surface area contributed by atoms with Crippen molar-refractivity contribution in [1.29, 1.82) is 0 Å². The number of benzene rings is 2. The van der Waals surface area contributed by atoms with Crippen LogP contribution >= 0.6 is 0 Å². The molecule has 2 aromatic rings. The lowest BCUT2D eigenvalue weighted by Gasteiger charge is -2.26. The van der Waals surface area contributed by atoms with Gasteiger partial charge in [0.15, 0.2) is 0 Å². The molecule has 1 heterocycles. The first-order chi connectivity index (χ1) is 12.9. The van der Waals surface area contributed by atoms with E-state index in [-0.39, 0.29) is 16.5 Å². The molecule has 8 heteroatoms. The van der Waals surface area contributed by atoms with Crippen LogP contribution in [-0.4, -0.2) is 46.0 Å². The predicted octanol–water partition coefficient (Wildman–Crippen LogP) is 2.65. The van der Waals surface area contributed by atoms with Crippen molar-refractivity contribution >= 4 is 21.6 Å². The number of para-hydroxylation sites is 1. The van der Waals surface area contributed by atoms with Crippen LogP contribution in [0.2, 0.25) is 0 Å². The van der Waals surface area contributed by atoms with Gasteiger partial charge in [0.1, 0.15) is 18.1 Å². The molecule has 1 amide bonds. The molecule has 1 aliphatic heterocycles. The van der Waals surface area contributed by atoms with E-state index >= 15 is 0 Å². The Kier molecular flexibility index (Phi) is 5.65. The van der Waals surface area contributed by atoms with E-state index in [1.54, 1.807) is 4.90 Å². The molecule has 1 saturated heterocycles. The van der Waals surface area contributed by atoms with E-state index in [9.17, 15) is 17.6 Å². The number of amides is 1. The molecule has 2 aromatic carbocycles. The van der Waals surface area contributed by atoms with Crippen LogP contribution in [0.1, 0.15) is 12.8 Å². The van der Waals surface area contributed by atoms with E-state index in [0.717, 1.165) is 17.1 Å². The normalized spacial score (nSPS) is 14.2. The lowest BCUT2D eigenvalue weighted by Crippen LogP contribution is -2.42. The highest BCUT2D eigenvalue weighted by Crippen LogP contribution is 2.27. The van der Waals surface area contributed by atoms with Gasteiger partial charge in [-0.1, -0.05) is 12.1 Å². The first-order valence-corrected chi connectivity index (χ1v) is 10.1. The average molecular weight is 392 g/mol. The zero-order valence-electron chi connectivity index (χ0n) is 15.0. The van der Waals surface area contributed by atoms with E-state index in [0.29, 0.717) is 18.8 Å². The first kappa shape index (κ1) is 19.2. The summed E-state index contributed by atoms with van der Waals surface area (Å²) < 4.78 is 46.6. The van der Waals surface area contributed by atoms with Crippen LogP contribution in [0.4, 0.5) is 10.1 Å². The van der Waals surface area contributed by atoms with Crippen molar-refractivity contribution in [1.82, 2.24) is 4.90 Å². The number of carbonyl (C=O) groups is 1. The van der Waals surface area contributed by atoms with Crippen LogP contribution in [-0.2, 0) is 14.8 Å². The summed E-state index contributed by atoms with van der Waals surface area (Å²) in [5, 5.41) is 0. The largest absolute Gasteiger partial charge is 0.497 e. The lowest BCUT2D eigenvalue weighted by atomic mass is 10.3. The third kappa shape index (κ3) is 4.05. The zero-order chi connectivity index (χ0) is 19.4. The number of halogens is 1.